The predicted octanol–water partition coefficient (Wildman–Crippen LogP) is 3.43. The lowest BCUT2D eigenvalue weighted by molar-refractivity contribution is -0.117. The van der Waals surface area contributed by atoms with E-state index in [1.807, 2.05) is 24.3 Å². The van der Waals surface area contributed by atoms with E-state index in [0.29, 0.717) is 13.0 Å². The monoisotopic (exact) mass is 373 g/mol. The third-order valence-electron chi connectivity index (χ3n) is 4.53. The van der Waals surface area contributed by atoms with Crippen molar-refractivity contribution < 1.29 is 18.4 Å². The molecule has 2 aromatic carbocycles. The van der Waals surface area contributed by atoms with E-state index >= 15 is 0 Å². The molecule has 1 heterocycles. The summed E-state index contributed by atoms with van der Waals surface area (Å²) >= 11 is 0. The third-order valence-corrected chi connectivity index (χ3v) is 4.53. The van der Waals surface area contributed by atoms with Crippen molar-refractivity contribution in [2.24, 2.45) is 0 Å². The topological polar surface area (TPSA) is 52.7 Å². The molecule has 1 N–H and O–H groups in total. The van der Waals surface area contributed by atoms with Crippen molar-refractivity contribution in [1.29, 1.82) is 0 Å². The third kappa shape index (κ3) is 4.61. The van der Waals surface area contributed by atoms with Crippen LogP contribution >= 0.6 is 0 Å². The van der Waals surface area contributed by atoms with Crippen LogP contribution in [-0.2, 0) is 17.9 Å². The number of urea groups is 1. The van der Waals surface area contributed by atoms with Crippen molar-refractivity contribution in [3.63, 3.8) is 0 Å². The predicted molar refractivity (Wildman–Crippen MR) is 98.1 cm³/mol. The zero-order chi connectivity index (χ0) is 19.4. The molecule has 0 unspecified atom stereocenters. The lowest BCUT2D eigenvalue weighted by Gasteiger charge is -2.19. The first-order valence-electron chi connectivity index (χ1n) is 8.76. The highest BCUT2D eigenvalue weighted by atomic mass is 19.1. The van der Waals surface area contributed by atoms with E-state index in [0.717, 1.165) is 36.3 Å². The van der Waals surface area contributed by atoms with Crippen molar-refractivity contribution in [3.8, 4) is 0 Å². The van der Waals surface area contributed by atoms with Gasteiger partial charge in [0.2, 0.25) is 5.91 Å². The molecule has 1 saturated heterocycles. The molecule has 0 bridgehead atoms. The normalized spacial score (nSPS) is 13.7. The average molecular weight is 373 g/mol. The van der Waals surface area contributed by atoms with Crippen LogP contribution in [0.2, 0.25) is 0 Å². The van der Waals surface area contributed by atoms with E-state index in [1.54, 1.807) is 11.9 Å². The summed E-state index contributed by atoms with van der Waals surface area (Å²) in [6.45, 7) is 1.08. The van der Waals surface area contributed by atoms with Gasteiger partial charge in [-0.3, -0.25) is 4.79 Å². The van der Waals surface area contributed by atoms with Gasteiger partial charge in [0, 0.05) is 50.4 Å². The Kier molecular flexibility index (Phi) is 5.69. The van der Waals surface area contributed by atoms with Crippen LogP contribution in [-0.4, -0.2) is 30.4 Å². The first kappa shape index (κ1) is 18.8. The van der Waals surface area contributed by atoms with Gasteiger partial charge in [0.1, 0.15) is 11.6 Å². The van der Waals surface area contributed by atoms with Crippen LogP contribution in [0.4, 0.5) is 19.3 Å². The molecule has 3 rings (SSSR count). The van der Waals surface area contributed by atoms with Crippen molar-refractivity contribution in [2.75, 3.05) is 18.5 Å². The quantitative estimate of drug-likeness (QED) is 0.873. The van der Waals surface area contributed by atoms with E-state index in [9.17, 15) is 18.4 Å². The molecule has 27 heavy (non-hydrogen) atoms. The van der Waals surface area contributed by atoms with Gasteiger partial charge in [-0.05, 0) is 30.2 Å². The summed E-state index contributed by atoms with van der Waals surface area (Å²) in [6, 6.07) is 10.4. The maximum absolute atomic E-state index is 13.7. The zero-order valence-electron chi connectivity index (χ0n) is 15.0. The van der Waals surface area contributed by atoms with Crippen LogP contribution in [0.25, 0.3) is 0 Å². The highest BCUT2D eigenvalue weighted by Crippen LogP contribution is 2.21. The lowest BCUT2D eigenvalue weighted by atomic mass is 10.2. The fourth-order valence-electron chi connectivity index (χ4n) is 3.00. The number of halogens is 2. The summed E-state index contributed by atoms with van der Waals surface area (Å²) in [5.41, 5.74) is 1.99. The molecule has 1 fully saturated rings. The number of benzene rings is 2. The first-order chi connectivity index (χ1) is 12.9. The Morgan fingerprint density at radius 3 is 2.56 bits per heavy atom. The Morgan fingerprint density at radius 1 is 1.19 bits per heavy atom. The Balaban J connectivity index is 1.53. The van der Waals surface area contributed by atoms with Gasteiger partial charge in [0.15, 0.2) is 0 Å². The van der Waals surface area contributed by atoms with Crippen molar-refractivity contribution in [2.45, 2.75) is 25.9 Å². The number of rotatable bonds is 5. The molecule has 7 heteroatoms. The van der Waals surface area contributed by atoms with Gasteiger partial charge in [0.05, 0.1) is 0 Å². The molecule has 0 aliphatic carbocycles. The van der Waals surface area contributed by atoms with Gasteiger partial charge >= 0.3 is 6.03 Å². The van der Waals surface area contributed by atoms with Gasteiger partial charge in [-0.2, -0.15) is 0 Å². The number of hydrogen-bond donors (Lipinski definition) is 1. The fraction of sp³-hybridized carbons (Fsp3) is 0.300. The largest absolute Gasteiger partial charge is 0.334 e. The summed E-state index contributed by atoms with van der Waals surface area (Å²) in [7, 11) is 1.54. The summed E-state index contributed by atoms with van der Waals surface area (Å²) in [4.78, 5) is 27.0. The summed E-state index contributed by atoms with van der Waals surface area (Å²) < 4.78 is 26.6. The van der Waals surface area contributed by atoms with Gasteiger partial charge in [-0.15, -0.1) is 0 Å². The van der Waals surface area contributed by atoms with E-state index in [2.05, 4.69) is 5.32 Å². The Morgan fingerprint density at radius 2 is 1.93 bits per heavy atom. The molecule has 142 valence electrons. The van der Waals surface area contributed by atoms with E-state index in [1.165, 1.54) is 11.0 Å². The Hall–Kier alpha value is -2.96. The Labute approximate surface area is 156 Å². The van der Waals surface area contributed by atoms with Gasteiger partial charge in [-0.1, -0.05) is 18.2 Å². The highest BCUT2D eigenvalue weighted by molar-refractivity contribution is 5.95. The van der Waals surface area contributed by atoms with Crippen LogP contribution in [0, 0.1) is 11.6 Å². The van der Waals surface area contributed by atoms with Crippen LogP contribution < -0.4 is 10.2 Å². The standard InChI is InChI=1S/C20H21F2N3O2/c1-24(13-15-6-7-16(21)11-18(15)22)20(27)23-12-14-4-8-17(9-5-14)25-10-2-3-19(25)26/h4-9,11H,2-3,10,12-13H2,1H3,(H,23,27). The number of carbonyl (C=O) groups excluding carboxylic acids is 2. The molecule has 1 aliphatic rings. The van der Waals surface area contributed by atoms with Gasteiger partial charge in [-0.25, -0.2) is 13.6 Å². The highest BCUT2D eigenvalue weighted by Gasteiger charge is 2.21. The van der Waals surface area contributed by atoms with Crippen LogP contribution in [0.15, 0.2) is 42.5 Å². The minimum atomic E-state index is -0.679. The maximum atomic E-state index is 13.7. The molecule has 2 aromatic rings. The number of nitrogens with zero attached hydrogens (tertiary/aromatic N) is 2. The van der Waals surface area contributed by atoms with Crippen molar-refractivity contribution in [3.05, 3.63) is 65.2 Å². The molecule has 0 spiro atoms. The molecule has 3 amide bonds. The minimum absolute atomic E-state index is 0.0357. The molecule has 5 nitrogen and oxygen atoms in total. The summed E-state index contributed by atoms with van der Waals surface area (Å²) in [6.07, 6.45) is 1.45. The van der Waals surface area contributed by atoms with Crippen LogP contribution in [0.5, 0.6) is 0 Å². The van der Waals surface area contributed by atoms with Crippen LogP contribution in [0.1, 0.15) is 24.0 Å². The number of amides is 3. The second kappa shape index (κ2) is 8.16. The maximum Gasteiger partial charge on any atom is 0.317 e. The second-order valence-electron chi connectivity index (χ2n) is 6.57. The molecule has 0 aromatic heterocycles. The number of carbonyl (C=O) groups is 2. The number of anilines is 1. The SMILES string of the molecule is CN(Cc1ccc(F)cc1F)C(=O)NCc1ccc(N2CCCC2=O)cc1. The van der Waals surface area contributed by atoms with E-state index in [4.69, 9.17) is 0 Å². The molecular formula is C20H21F2N3O2. The molecule has 0 atom stereocenters. The summed E-state index contributed by atoms with van der Waals surface area (Å²) in [5, 5.41) is 2.76. The molecule has 1 aliphatic heterocycles. The zero-order valence-corrected chi connectivity index (χ0v) is 15.0. The molecule has 0 radical (unpaired) electrons. The number of nitrogens with one attached hydrogen (secondary N) is 1. The lowest BCUT2D eigenvalue weighted by Crippen LogP contribution is -2.36. The van der Waals surface area contributed by atoms with Crippen molar-refractivity contribution in [1.82, 2.24) is 10.2 Å². The molecule has 0 saturated carbocycles. The minimum Gasteiger partial charge on any atom is -0.334 e. The van der Waals surface area contributed by atoms with Crippen LogP contribution in [0.3, 0.4) is 0 Å². The average Bonchev–Trinajstić information content (AvgIpc) is 3.08. The Bertz CT molecular complexity index is 840. The summed E-state index contributed by atoms with van der Waals surface area (Å²) in [5.74, 6) is -1.20. The van der Waals surface area contributed by atoms with Gasteiger partial charge < -0.3 is 15.1 Å². The van der Waals surface area contributed by atoms with Crippen molar-refractivity contribution >= 4 is 17.6 Å². The van der Waals surface area contributed by atoms with E-state index in [-0.39, 0.29) is 24.0 Å². The van der Waals surface area contributed by atoms with E-state index < -0.39 is 11.6 Å². The molecular weight excluding hydrogens is 352 g/mol. The van der Waals surface area contributed by atoms with Gasteiger partial charge in [0.25, 0.3) is 0 Å². The fourth-order valence-corrected chi connectivity index (χ4v) is 3.00. The smallest absolute Gasteiger partial charge is 0.317 e. The number of hydrogen-bond acceptors (Lipinski definition) is 2. The second-order valence-corrected chi connectivity index (χ2v) is 6.57. The first-order valence-corrected chi connectivity index (χ1v) is 8.76.